The van der Waals surface area contributed by atoms with Crippen LogP contribution < -0.4 is 10.2 Å². The minimum atomic E-state index is -1.69. The van der Waals surface area contributed by atoms with Crippen LogP contribution in [0, 0.1) is 0 Å². The van der Waals surface area contributed by atoms with E-state index in [2.05, 4.69) is 5.43 Å². The number of carbonyl (C=O) groups excluding carboxylic acids is 2. The second-order valence-corrected chi connectivity index (χ2v) is 6.09. The lowest BCUT2D eigenvalue weighted by Crippen LogP contribution is -2.39. The van der Waals surface area contributed by atoms with E-state index in [1.54, 1.807) is 36.4 Å². The quantitative estimate of drug-likeness (QED) is 0.696. The molecule has 3 aromatic carbocycles. The zero-order chi connectivity index (χ0) is 23.9. The maximum Gasteiger partial charge on any atom is 0.437 e. The molecule has 0 aliphatic carbocycles. The fourth-order valence-electron chi connectivity index (χ4n) is 2.72. The van der Waals surface area contributed by atoms with Crippen molar-refractivity contribution in [1.82, 2.24) is 5.01 Å². The molecule has 1 fully saturated rings. The van der Waals surface area contributed by atoms with Crippen LogP contribution in [0.5, 0.6) is 11.5 Å². The lowest BCUT2D eigenvalue weighted by molar-refractivity contribution is -0.135. The molecule has 0 bridgehead atoms. The fourth-order valence-corrected chi connectivity index (χ4v) is 2.72. The highest BCUT2D eigenvalue weighted by atomic mass is 16.6. The predicted octanol–water partition coefficient (Wildman–Crippen LogP) is 4.70. The van der Waals surface area contributed by atoms with Crippen molar-refractivity contribution in [3.8, 4) is 11.5 Å². The molecule has 1 aliphatic heterocycles. The van der Waals surface area contributed by atoms with Gasteiger partial charge in [-0.2, -0.15) is 0 Å². The summed E-state index contributed by atoms with van der Waals surface area (Å²) in [5.74, 6) is 0.337. The molecule has 1 N–H and O–H groups in total. The van der Waals surface area contributed by atoms with Crippen molar-refractivity contribution in [2.45, 2.75) is 12.5 Å². The maximum absolute atomic E-state index is 13.1. The highest BCUT2D eigenvalue weighted by molar-refractivity contribution is 6.04. The van der Waals surface area contributed by atoms with E-state index in [-0.39, 0.29) is 0 Å². The first-order chi connectivity index (χ1) is 15.6. The third-order valence-corrected chi connectivity index (χ3v) is 4.19. The summed E-state index contributed by atoms with van der Waals surface area (Å²) >= 11 is 0. The van der Waals surface area contributed by atoms with Crippen molar-refractivity contribution in [1.29, 1.82) is 0 Å². The molecule has 1 heterocycles. The Bertz CT molecular complexity index is 1220. The molecular formula is C22H18N2O4. The van der Waals surface area contributed by atoms with E-state index in [1.165, 1.54) is 6.92 Å². The summed E-state index contributed by atoms with van der Waals surface area (Å²) in [5, 5.41) is 0.502. The highest BCUT2D eigenvalue weighted by Gasteiger charge is 2.52. The first-order valence-corrected chi connectivity index (χ1v) is 8.38. The Labute approximate surface area is 169 Å². The van der Waals surface area contributed by atoms with Crippen LogP contribution in [0.15, 0.2) is 84.8 Å². The zero-order valence-corrected chi connectivity index (χ0v) is 14.8. The maximum atomic E-state index is 13.1. The van der Waals surface area contributed by atoms with E-state index >= 15 is 0 Å². The summed E-state index contributed by atoms with van der Waals surface area (Å²) < 4.78 is 50.1. The number of imide groups is 1. The van der Waals surface area contributed by atoms with Crippen molar-refractivity contribution in [3.05, 3.63) is 90.4 Å². The molecule has 2 amide bonds. The average Bonchev–Trinajstić information content (AvgIpc) is 3.03. The molecule has 3 aromatic rings. The van der Waals surface area contributed by atoms with Gasteiger partial charge in [-0.3, -0.25) is 10.2 Å². The topological polar surface area (TPSA) is 67.9 Å². The van der Waals surface area contributed by atoms with Crippen LogP contribution >= 0.6 is 0 Å². The molecule has 6 heteroatoms. The Hall–Kier alpha value is -3.80. The fraction of sp³-hybridized carbons (Fsp3) is 0.0909. The van der Waals surface area contributed by atoms with Crippen LogP contribution in [-0.2, 0) is 15.1 Å². The van der Waals surface area contributed by atoms with Gasteiger partial charge in [0.25, 0.3) is 5.91 Å². The minimum absolute atomic E-state index is 0.367. The smallest absolute Gasteiger partial charge is 0.437 e. The van der Waals surface area contributed by atoms with Crippen LogP contribution in [0.4, 0.5) is 10.5 Å². The summed E-state index contributed by atoms with van der Waals surface area (Å²) in [6.07, 6.45) is -1.07. The Kier molecular flexibility index (Phi) is 3.17. The summed E-state index contributed by atoms with van der Waals surface area (Å²) in [7, 11) is 0. The molecule has 1 atom stereocenters. The number of anilines is 1. The first kappa shape index (κ1) is 12.6. The SMILES string of the molecule is [2H]c1c([2H])c([2H])c(NN2C(=O)OC(C)(c3ccc(Oc4ccccc4)cc3)C2=O)c([2H])c1[2H]. The number of hydrogen-bond donors (Lipinski definition) is 1. The number of hydrazine groups is 1. The number of ether oxygens (including phenoxy) is 2. The second-order valence-electron chi connectivity index (χ2n) is 6.09. The molecule has 1 aliphatic rings. The van der Waals surface area contributed by atoms with Crippen LogP contribution in [0.2, 0.25) is 0 Å². The van der Waals surface area contributed by atoms with Crippen molar-refractivity contribution in [3.63, 3.8) is 0 Å². The Morgan fingerprint density at radius 1 is 0.964 bits per heavy atom. The minimum Gasteiger partial charge on any atom is -0.457 e. The van der Waals surface area contributed by atoms with Crippen LogP contribution in [0.1, 0.15) is 19.3 Å². The normalized spacial score (nSPS) is 21.2. The molecule has 1 saturated heterocycles. The van der Waals surface area contributed by atoms with Crippen LogP contribution in [0.3, 0.4) is 0 Å². The summed E-state index contributed by atoms with van der Waals surface area (Å²) in [5.41, 5.74) is 0.602. The van der Waals surface area contributed by atoms with Gasteiger partial charge in [0, 0.05) is 5.56 Å². The molecule has 6 nitrogen and oxygen atoms in total. The van der Waals surface area contributed by atoms with Gasteiger partial charge in [-0.1, -0.05) is 48.5 Å². The van der Waals surface area contributed by atoms with Gasteiger partial charge in [0.15, 0.2) is 0 Å². The number of carbonyl (C=O) groups is 2. The van der Waals surface area contributed by atoms with Crippen molar-refractivity contribution >= 4 is 17.7 Å². The molecule has 28 heavy (non-hydrogen) atoms. The molecular weight excluding hydrogens is 356 g/mol. The number of hydrogen-bond acceptors (Lipinski definition) is 5. The summed E-state index contributed by atoms with van der Waals surface area (Å²) in [4.78, 5) is 25.6. The molecule has 1 unspecified atom stereocenters. The van der Waals surface area contributed by atoms with Crippen molar-refractivity contribution in [2.75, 3.05) is 5.43 Å². The van der Waals surface area contributed by atoms with Gasteiger partial charge >= 0.3 is 6.09 Å². The van der Waals surface area contributed by atoms with Crippen molar-refractivity contribution < 1.29 is 25.9 Å². The van der Waals surface area contributed by atoms with Gasteiger partial charge in [0.1, 0.15) is 11.5 Å². The molecule has 0 radical (unpaired) electrons. The van der Waals surface area contributed by atoms with Gasteiger partial charge in [-0.15, -0.1) is 5.01 Å². The second kappa shape index (κ2) is 7.08. The molecule has 0 aromatic heterocycles. The third-order valence-electron chi connectivity index (χ3n) is 4.19. The van der Waals surface area contributed by atoms with Gasteiger partial charge < -0.3 is 9.47 Å². The van der Waals surface area contributed by atoms with E-state index in [0.717, 1.165) is 0 Å². The lowest BCUT2D eigenvalue weighted by Gasteiger charge is -2.21. The van der Waals surface area contributed by atoms with Crippen LogP contribution in [-0.4, -0.2) is 17.0 Å². The first-order valence-electron chi connectivity index (χ1n) is 10.9. The third kappa shape index (κ3) is 3.27. The standard InChI is InChI=1S/C22H18N2O4/c1-22(16-12-14-19(15-13-16)27-18-10-6-3-7-11-18)20(25)24(21(26)28-22)23-17-8-4-2-5-9-17/h2-15,23H,1H3/i2D,4D,5D,8D,9D. The largest absolute Gasteiger partial charge is 0.457 e. The van der Waals surface area contributed by atoms with Crippen molar-refractivity contribution in [2.24, 2.45) is 0 Å². The van der Waals surface area contributed by atoms with Gasteiger partial charge in [0.2, 0.25) is 5.60 Å². The van der Waals surface area contributed by atoms with Crippen LogP contribution in [0.25, 0.3) is 0 Å². The monoisotopic (exact) mass is 379 g/mol. The van der Waals surface area contributed by atoms with E-state index in [1.807, 2.05) is 18.2 Å². The number of cyclic esters (lactones) is 1. The highest BCUT2D eigenvalue weighted by Crippen LogP contribution is 2.35. The van der Waals surface area contributed by atoms with E-state index in [0.29, 0.717) is 22.1 Å². The Morgan fingerprint density at radius 2 is 1.61 bits per heavy atom. The number of rotatable bonds is 5. The van der Waals surface area contributed by atoms with E-state index in [9.17, 15) is 9.59 Å². The number of benzene rings is 3. The average molecular weight is 379 g/mol. The van der Waals surface area contributed by atoms with Gasteiger partial charge in [0.05, 0.1) is 12.5 Å². The summed E-state index contributed by atoms with van der Waals surface area (Å²) in [6, 6.07) is 12.6. The molecule has 4 rings (SSSR count). The molecule has 0 saturated carbocycles. The van der Waals surface area contributed by atoms with Gasteiger partial charge in [-0.25, -0.2) is 4.79 Å². The van der Waals surface area contributed by atoms with Gasteiger partial charge in [-0.05, 0) is 43.3 Å². The van der Waals surface area contributed by atoms with E-state index < -0.39 is 53.5 Å². The lowest BCUT2D eigenvalue weighted by atomic mass is 9.95. The summed E-state index contributed by atoms with van der Waals surface area (Å²) in [6.45, 7) is 1.41. The molecule has 0 spiro atoms. The van der Waals surface area contributed by atoms with E-state index in [4.69, 9.17) is 16.3 Å². The molecule has 140 valence electrons. The number of para-hydroxylation sites is 2. The zero-order valence-electron chi connectivity index (χ0n) is 19.8. The number of nitrogens with zero attached hydrogens (tertiary/aromatic N) is 1. The number of nitrogens with one attached hydrogen (secondary N) is 1. The Balaban J connectivity index is 1.59. The Morgan fingerprint density at radius 3 is 2.29 bits per heavy atom. The predicted molar refractivity (Wildman–Crippen MR) is 104 cm³/mol. The number of amides is 2.